The molecule has 0 aliphatic carbocycles. The van der Waals surface area contributed by atoms with Gasteiger partial charge in [0, 0.05) is 28.7 Å². The van der Waals surface area contributed by atoms with E-state index in [1.807, 2.05) is 0 Å². The minimum atomic E-state index is -1.28. The first-order valence-corrected chi connectivity index (χ1v) is 10.6. The molecule has 4 aromatic heterocycles. The third-order valence-corrected chi connectivity index (χ3v) is 6.29. The average molecular weight is 477 g/mol. The van der Waals surface area contributed by atoms with Crippen LogP contribution < -0.4 is 5.56 Å². The first-order valence-electron chi connectivity index (χ1n) is 10.2. The van der Waals surface area contributed by atoms with Crippen LogP contribution in [0.3, 0.4) is 0 Å². The van der Waals surface area contributed by atoms with Crippen molar-refractivity contribution in [3.05, 3.63) is 87.5 Å². The number of pyridine rings is 1. The average Bonchev–Trinajstić information content (AvgIpc) is 3.52. The standard InChI is InChI=1S/C24H14ClFN4O4/c25-15-7-17-11(9-28-29-17)6-12(15)10-30-18-8-16(26)13-3-5-34-22(13)20(18)19(21(30)24(32)33)14-2-1-4-27-23(14)31/h1-9H,10H2,(H,27,31)(H,28,29)(H,32,33). The Balaban J connectivity index is 1.75. The molecule has 0 spiro atoms. The fourth-order valence-electron chi connectivity index (χ4n) is 4.48. The van der Waals surface area contributed by atoms with E-state index >= 15 is 4.39 Å². The molecule has 3 N–H and O–H groups in total. The van der Waals surface area contributed by atoms with E-state index < -0.39 is 17.3 Å². The van der Waals surface area contributed by atoms with Crippen LogP contribution in [-0.4, -0.2) is 30.8 Å². The summed E-state index contributed by atoms with van der Waals surface area (Å²) < 4.78 is 22.0. The molecule has 34 heavy (non-hydrogen) atoms. The zero-order chi connectivity index (χ0) is 23.6. The Morgan fingerprint density at radius 2 is 2.12 bits per heavy atom. The van der Waals surface area contributed by atoms with E-state index in [-0.39, 0.29) is 39.9 Å². The van der Waals surface area contributed by atoms with Gasteiger partial charge in [0.2, 0.25) is 0 Å². The number of aromatic carboxylic acids is 1. The summed E-state index contributed by atoms with van der Waals surface area (Å²) in [5.41, 5.74) is 1.36. The number of benzene rings is 2. The number of halogens is 2. The quantitative estimate of drug-likeness (QED) is 0.325. The first-order chi connectivity index (χ1) is 16.4. The van der Waals surface area contributed by atoms with Crippen molar-refractivity contribution in [3.63, 3.8) is 0 Å². The molecule has 6 aromatic rings. The highest BCUT2D eigenvalue weighted by molar-refractivity contribution is 6.32. The van der Waals surface area contributed by atoms with Crippen LogP contribution in [0.4, 0.5) is 4.39 Å². The number of hydrogen-bond donors (Lipinski definition) is 3. The maximum atomic E-state index is 15.0. The second-order valence-electron chi connectivity index (χ2n) is 7.84. The molecule has 0 unspecified atom stereocenters. The van der Waals surface area contributed by atoms with Crippen molar-refractivity contribution in [1.29, 1.82) is 0 Å². The van der Waals surface area contributed by atoms with Crippen molar-refractivity contribution in [2.24, 2.45) is 0 Å². The summed E-state index contributed by atoms with van der Waals surface area (Å²) in [5, 5.41) is 18.8. The van der Waals surface area contributed by atoms with E-state index in [9.17, 15) is 14.7 Å². The van der Waals surface area contributed by atoms with Gasteiger partial charge in [-0.1, -0.05) is 11.6 Å². The van der Waals surface area contributed by atoms with Gasteiger partial charge in [-0.2, -0.15) is 5.10 Å². The van der Waals surface area contributed by atoms with Crippen molar-refractivity contribution in [1.82, 2.24) is 19.7 Å². The molecular formula is C24H14ClFN4O4. The van der Waals surface area contributed by atoms with Crippen molar-refractivity contribution in [2.45, 2.75) is 6.54 Å². The van der Waals surface area contributed by atoms with Gasteiger partial charge in [-0.05, 0) is 42.0 Å². The van der Waals surface area contributed by atoms with E-state index in [0.29, 0.717) is 16.0 Å². The van der Waals surface area contributed by atoms with Crippen LogP contribution in [0.2, 0.25) is 5.02 Å². The number of aromatic amines is 2. The highest BCUT2D eigenvalue weighted by Crippen LogP contribution is 2.40. The number of aromatic nitrogens is 4. The van der Waals surface area contributed by atoms with E-state index in [0.717, 1.165) is 10.9 Å². The molecule has 0 radical (unpaired) electrons. The van der Waals surface area contributed by atoms with Crippen molar-refractivity contribution < 1.29 is 18.7 Å². The Bertz CT molecular complexity index is 1830. The lowest BCUT2D eigenvalue weighted by Gasteiger charge is -2.11. The van der Waals surface area contributed by atoms with Crippen molar-refractivity contribution in [3.8, 4) is 11.1 Å². The number of carboxylic acid groups (broad SMARTS) is 1. The number of fused-ring (bicyclic) bond motifs is 4. The van der Waals surface area contributed by atoms with Gasteiger partial charge < -0.3 is 19.1 Å². The monoisotopic (exact) mass is 476 g/mol. The number of hydrogen-bond acceptors (Lipinski definition) is 4. The van der Waals surface area contributed by atoms with Gasteiger partial charge in [-0.25, -0.2) is 9.18 Å². The van der Waals surface area contributed by atoms with Crippen molar-refractivity contribution in [2.75, 3.05) is 0 Å². The minimum Gasteiger partial charge on any atom is -0.477 e. The van der Waals surface area contributed by atoms with Crippen molar-refractivity contribution >= 4 is 50.3 Å². The molecular weight excluding hydrogens is 463 g/mol. The topological polar surface area (TPSA) is 117 Å². The summed E-state index contributed by atoms with van der Waals surface area (Å²) in [6.07, 6.45) is 4.41. The number of carbonyl (C=O) groups is 1. The third-order valence-electron chi connectivity index (χ3n) is 5.94. The van der Waals surface area contributed by atoms with E-state index in [1.165, 1.54) is 35.2 Å². The third kappa shape index (κ3) is 2.87. The highest BCUT2D eigenvalue weighted by Gasteiger charge is 2.29. The lowest BCUT2D eigenvalue weighted by molar-refractivity contribution is 0.0687. The maximum Gasteiger partial charge on any atom is 0.353 e. The molecule has 0 bridgehead atoms. The summed E-state index contributed by atoms with van der Waals surface area (Å²) in [6, 6.07) is 9.31. The summed E-state index contributed by atoms with van der Waals surface area (Å²) in [6.45, 7) is 0.00841. The predicted molar refractivity (Wildman–Crippen MR) is 125 cm³/mol. The van der Waals surface area contributed by atoms with Crippen LogP contribution in [0.15, 0.2) is 64.3 Å². The summed E-state index contributed by atoms with van der Waals surface area (Å²) in [4.78, 5) is 27.9. The normalized spacial score (nSPS) is 11.7. The highest BCUT2D eigenvalue weighted by atomic mass is 35.5. The smallest absolute Gasteiger partial charge is 0.353 e. The molecule has 8 nitrogen and oxygen atoms in total. The van der Waals surface area contributed by atoms with Gasteiger partial charge >= 0.3 is 5.97 Å². The molecule has 168 valence electrons. The number of nitrogens with zero attached hydrogens (tertiary/aromatic N) is 2. The van der Waals surface area contributed by atoms with Gasteiger partial charge in [0.15, 0.2) is 0 Å². The molecule has 0 aliphatic rings. The molecule has 10 heteroatoms. The molecule has 2 aromatic carbocycles. The van der Waals surface area contributed by atoms with Crippen LogP contribution >= 0.6 is 11.6 Å². The molecule has 0 amide bonds. The molecule has 6 rings (SSSR count). The Labute approximate surface area is 194 Å². The number of carboxylic acids is 1. The molecule has 0 saturated heterocycles. The largest absolute Gasteiger partial charge is 0.477 e. The molecule has 0 atom stereocenters. The van der Waals surface area contributed by atoms with Crippen LogP contribution in [0, 0.1) is 5.82 Å². The molecule has 0 fully saturated rings. The van der Waals surface area contributed by atoms with Crippen LogP contribution in [0.5, 0.6) is 0 Å². The van der Waals surface area contributed by atoms with E-state index in [1.54, 1.807) is 24.4 Å². The Kier molecular flexibility index (Phi) is 4.36. The molecule has 0 saturated carbocycles. The van der Waals surface area contributed by atoms with Crippen LogP contribution in [0.25, 0.3) is 43.9 Å². The number of rotatable bonds is 4. The zero-order valence-corrected chi connectivity index (χ0v) is 18.0. The fourth-order valence-corrected chi connectivity index (χ4v) is 4.70. The minimum absolute atomic E-state index is 0.00841. The van der Waals surface area contributed by atoms with Gasteiger partial charge in [-0.15, -0.1) is 0 Å². The maximum absolute atomic E-state index is 15.0. The van der Waals surface area contributed by atoms with Gasteiger partial charge in [0.25, 0.3) is 5.56 Å². The van der Waals surface area contributed by atoms with E-state index in [2.05, 4.69) is 15.2 Å². The number of nitrogens with one attached hydrogen (secondary N) is 2. The Morgan fingerprint density at radius 3 is 2.91 bits per heavy atom. The predicted octanol–water partition coefficient (Wildman–Crippen LogP) is 5.16. The lowest BCUT2D eigenvalue weighted by Crippen LogP contribution is -2.13. The van der Waals surface area contributed by atoms with Gasteiger partial charge in [0.05, 0.1) is 39.8 Å². The lowest BCUT2D eigenvalue weighted by atomic mass is 10.0. The van der Waals surface area contributed by atoms with E-state index in [4.69, 9.17) is 16.0 Å². The number of furan rings is 1. The summed E-state index contributed by atoms with van der Waals surface area (Å²) in [5.74, 6) is -1.85. The van der Waals surface area contributed by atoms with Crippen LogP contribution in [-0.2, 0) is 6.54 Å². The molecule has 4 heterocycles. The summed E-state index contributed by atoms with van der Waals surface area (Å²) in [7, 11) is 0. The van der Waals surface area contributed by atoms with Gasteiger partial charge in [0.1, 0.15) is 17.1 Å². The van der Waals surface area contributed by atoms with Crippen LogP contribution in [0.1, 0.15) is 16.1 Å². The molecule has 0 aliphatic heterocycles. The Hall–Kier alpha value is -4.37. The number of H-pyrrole nitrogens is 2. The second-order valence-corrected chi connectivity index (χ2v) is 8.25. The first kappa shape index (κ1) is 20.3. The zero-order valence-electron chi connectivity index (χ0n) is 17.2. The summed E-state index contributed by atoms with van der Waals surface area (Å²) >= 11 is 6.49. The van der Waals surface area contributed by atoms with Gasteiger partial charge in [-0.3, -0.25) is 9.89 Å². The second kappa shape index (κ2) is 7.32. The Morgan fingerprint density at radius 1 is 1.26 bits per heavy atom. The fraction of sp³-hybridized carbons (Fsp3) is 0.0417. The SMILES string of the molecule is O=C(O)c1c(-c2ccc[nH]c2=O)c2c3occc3c(F)cc2n1Cc1cc2cn[nH]c2cc1Cl.